The van der Waals surface area contributed by atoms with E-state index < -0.39 is 17.7 Å². The first-order valence-electron chi connectivity index (χ1n) is 5.86. The summed E-state index contributed by atoms with van der Waals surface area (Å²) in [5.41, 5.74) is 5.52. The molecule has 1 aromatic heterocycles. The van der Waals surface area contributed by atoms with Crippen molar-refractivity contribution in [2.45, 2.75) is 6.92 Å². The van der Waals surface area contributed by atoms with Crippen molar-refractivity contribution in [3.8, 4) is 0 Å². The predicted octanol–water partition coefficient (Wildman–Crippen LogP) is 2.15. The Morgan fingerprint density at radius 1 is 1.43 bits per heavy atom. The van der Waals surface area contributed by atoms with Crippen LogP contribution < -0.4 is 10.6 Å². The van der Waals surface area contributed by atoms with Gasteiger partial charge < -0.3 is 15.7 Å². The van der Waals surface area contributed by atoms with E-state index in [0.29, 0.717) is 5.69 Å². The van der Waals surface area contributed by atoms with Gasteiger partial charge in [-0.15, -0.1) is 0 Å². The highest BCUT2D eigenvalue weighted by molar-refractivity contribution is 7.11. The number of nitrogens with zero attached hydrogens (tertiary/aromatic N) is 2. The summed E-state index contributed by atoms with van der Waals surface area (Å²) in [6.07, 6.45) is 0. The lowest BCUT2D eigenvalue weighted by atomic mass is 10.1. The van der Waals surface area contributed by atoms with E-state index in [-0.39, 0.29) is 21.8 Å². The maximum absolute atomic E-state index is 13.4. The number of rotatable bonds is 3. The minimum absolute atomic E-state index is 0.0279. The van der Waals surface area contributed by atoms with Gasteiger partial charge in [-0.25, -0.2) is 9.18 Å². The first-order chi connectivity index (χ1) is 9.84. The number of nitrogen functional groups attached to an aromatic ring is 1. The summed E-state index contributed by atoms with van der Waals surface area (Å²) in [6, 6.07) is 3.89. The second-order valence-corrected chi connectivity index (χ2v) is 5.07. The van der Waals surface area contributed by atoms with Gasteiger partial charge >= 0.3 is 5.97 Å². The second kappa shape index (κ2) is 5.49. The van der Waals surface area contributed by atoms with Crippen LogP contribution in [0.1, 0.15) is 26.4 Å². The molecular formula is C13H12FN3O3S. The molecule has 1 aromatic carbocycles. The van der Waals surface area contributed by atoms with Crippen molar-refractivity contribution >= 4 is 34.1 Å². The van der Waals surface area contributed by atoms with E-state index in [1.54, 1.807) is 0 Å². The Morgan fingerprint density at radius 3 is 2.71 bits per heavy atom. The zero-order valence-corrected chi connectivity index (χ0v) is 12.1. The molecule has 0 bridgehead atoms. The summed E-state index contributed by atoms with van der Waals surface area (Å²) in [4.78, 5) is 24.7. The molecule has 0 saturated carbocycles. The van der Waals surface area contributed by atoms with Crippen LogP contribution in [0, 0.1) is 12.7 Å². The van der Waals surface area contributed by atoms with Crippen LogP contribution in [0.4, 0.5) is 15.1 Å². The predicted molar refractivity (Wildman–Crippen MR) is 77.4 cm³/mol. The van der Waals surface area contributed by atoms with E-state index >= 15 is 0 Å². The first kappa shape index (κ1) is 14.9. The average molecular weight is 309 g/mol. The molecule has 0 aliphatic rings. The fourth-order valence-electron chi connectivity index (χ4n) is 1.83. The Hall–Kier alpha value is -2.48. The van der Waals surface area contributed by atoms with Crippen LogP contribution in [-0.4, -0.2) is 28.4 Å². The van der Waals surface area contributed by atoms with Gasteiger partial charge in [0.15, 0.2) is 0 Å². The number of anilines is 2. The van der Waals surface area contributed by atoms with Crippen molar-refractivity contribution in [3.63, 3.8) is 0 Å². The van der Waals surface area contributed by atoms with Crippen molar-refractivity contribution < 1.29 is 19.1 Å². The normalized spacial score (nSPS) is 10.4. The van der Waals surface area contributed by atoms with Gasteiger partial charge in [-0.2, -0.15) is 4.37 Å². The highest BCUT2D eigenvalue weighted by Crippen LogP contribution is 2.29. The van der Waals surface area contributed by atoms with Crippen molar-refractivity contribution in [2.24, 2.45) is 0 Å². The molecule has 2 aromatic rings. The highest BCUT2D eigenvalue weighted by Gasteiger charge is 2.26. The van der Waals surface area contributed by atoms with Crippen LogP contribution in [0.5, 0.6) is 0 Å². The largest absolute Gasteiger partial charge is 0.478 e. The Bertz CT molecular complexity index is 729. The molecule has 0 fully saturated rings. The van der Waals surface area contributed by atoms with E-state index in [9.17, 15) is 19.1 Å². The number of para-hydroxylation sites is 1. The molecule has 2 rings (SSSR count). The van der Waals surface area contributed by atoms with Crippen LogP contribution >= 0.6 is 11.5 Å². The van der Waals surface area contributed by atoms with Crippen molar-refractivity contribution in [1.82, 2.24) is 4.37 Å². The Balaban J connectivity index is 2.45. The van der Waals surface area contributed by atoms with Gasteiger partial charge in [-0.3, -0.25) is 4.79 Å². The van der Waals surface area contributed by atoms with Crippen LogP contribution in [0.3, 0.4) is 0 Å². The number of hydrogen-bond acceptors (Lipinski definition) is 5. The number of nitrogens with two attached hydrogens (primary N) is 1. The molecule has 0 spiro atoms. The molecular weight excluding hydrogens is 297 g/mol. The SMILES string of the molecule is Cc1nsc(N(C)C(=O)c2cccc(F)c2N)c1C(=O)O. The third kappa shape index (κ3) is 2.57. The van der Waals surface area contributed by atoms with Crippen molar-refractivity contribution in [3.05, 3.63) is 40.8 Å². The molecule has 0 saturated heterocycles. The minimum Gasteiger partial charge on any atom is -0.478 e. The number of carboxylic acids is 1. The lowest BCUT2D eigenvalue weighted by molar-refractivity contribution is 0.0697. The van der Waals surface area contributed by atoms with Gasteiger partial charge in [0.1, 0.15) is 16.4 Å². The molecule has 8 heteroatoms. The van der Waals surface area contributed by atoms with Crippen LogP contribution in [0.25, 0.3) is 0 Å². The smallest absolute Gasteiger partial charge is 0.340 e. The summed E-state index contributed by atoms with van der Waals surface area (Å²) in [7, 11) is 1.39. The molecule has 21 heavy (non-hydrogen) atoms. The van der Waals surface area contributed by atoms with Gasteiger partial charge in [0.2, 0.25) is 0 Å². The molecule has 6 nitrogen and oxygen atoms in total. The highest BCUT2D eigenvalue weighted by atomic mass is 32.1. The maximum Gasteiger partial charge on any atom is 0.340 e. The summed E-state index contributed by atoms with van der Waals surface area (Å²) in [5.74, 6) is -2.48. The first-order valence-corrected chi connectivity index (χ1v) is 6.63. The molecule has 0 atom stereocenters. The summed E-state index contributed by atoms with van der Waals surface area (Å²) in [6.45, 7) is 1.54. The Kier molecular flexibility index (Phi) is 3.90. The number of carbonyl (C=O) groups excluding carboxylic acids is 1. The van der Waals surface area contributed by atoms with Crippen molar-refractivity contribution in [1.29, 1.82) is 0 Å². The lowest BCUT2D eigenvalue weighted by Gasteiger charge is -2.17. The molecule has 0 aliphatic heterocycles. The third-order valence-electron chi connectivity index (χ3n) is 2.95. The van der Waals surface area contributed by atoms with Gasteiger partial charge in [0.05, 0.1) is 16.9 Å². The number of aromatic nitrogens is 1. The average Bonchev–Trinajstić information content (AvgIpc) is 2.82. The van der Waals surface area contributed by atoms with Crippen molar-refractivity contribution in [2.75, 3.05) is 17.7 Å². The summed E-state index contributed by atoms with van der Waals surface area (Å²) < 4.78 is 17.4. The van der Waals surface area contributed by atoms with Gasteiger partial charge in [-0.1, -0.05) is 6.07 Å². The molecule has 1 amide bonds. The second-order valence-electron chi connectivity index (χ2n) is 4.32. The Labute approximate surface area is 123 Å². The number of halogens is 1. The zero-order valence-electron chi connectivity index (χ0n) is 11.3. The number of aromatic carboxylic acids is 1. The number of aryl methyl sites for hydroxylation is 1. The van der Waals surface area contributed by atoms with E-state index in [1.165, 1.54) is 26.1 Å². The number of benzene rings is 1. The van der Waals surface area contributed by atoms with Gasteiger partial charge in [0.25, 0.3) is 5.91 Å². The van der Waals surface area contributed by atoms with Crippen LogP contribution in [-0.2, 0) is 0 Å². The molecule has 3 N–H and O–H groups in total. The molecule has 1 heterocycles. The fraction of sp³-hybridized carbons (Fsp3) is 0.154. The van der Waals surface area contributed by atoms with E-state index in [4.69, 9.17) is 5.73 Å². The topological polar surface area (TPSA) is 96.5 Å². The zero-order chi connectivity index (χ0) is 15.7. The monoisotopic (exact) mass is 309 g/mol. The Morgan fingerprint density at radius 2 is 2.10 bits per heavy atom. The minimum atomic E-state index is -1.18. The van der Waals surface area contributed by atoms with E-state index in [0.717, 1.165) is 22.5 Å². The quantitative estimate of drug-likeness (QED) is 0.847. The number of carbonyl (C=O) groups is 2. The molecule has 0 unspecified atom stereocenters. The van der Waals surface area contributed by atoms with E-state index in [2.05, 4.69) is 4.37 Å². The van der Waals surface area contributed by atoms with Crippen LogP contribution in [0.15, 0.2) is 18.2 Å². The number of hydrogen-bond donors (Lipinski definition) is 2. The number of amides is 1. The standard InChI is InChI=1S/C13H12FN3O3S/c1-6-9(13(19)20)12(21-16-6)17(2)11(18)7-4-3-5-8(14)10(7)15/h3-5H,15H2,1-2H3,(H,19,20). The van der Waals surface area contributed by atoms with E-state index in [1.807, 2.05) is 0 Å². The number of carboxylic acid groups (broad SMARTS) is 1. The molecule has 110 valence electrons. The summed E-state index contributed by atoms with van der Waals surface area (Å²) >= 11 is 0.885. The molecule has 0 aliphatic carbocycles. The lowest BCUT2D eigenvalue weighted by Crippen LogP contribution is -2.28. The summed E-state index contributed by atoms with van der Waals surface area (Å²) in [5, 5.41) is 9.35. The van der Waals surface area contributed by atoms with Gasteiger partial charge in [-0.05, 0) is 30.6 Å². The van der Waals surface area contributed by atoms with Crippen LogP contribution in [0.2, 0.25) is 0 Å². The van der Waals surface area contributed by atoms with Gasteiger partial charge in [0, 0.05) is 7.05 Å². The fourth-order valence-corrected chi connectivity index (χ4v) is 2.68. The molecule has 0 radical (unpaired) electrons. The maximum atomic E-state index is 13.4. The third-order valence-corrected chi connectivity index (χ3v) is 3.97.